The van der Waals surface area contributed by atoms with Gasteiger partial charge in [0.05, 0.1) is 5.69 Å². The van der Waals surface area contributed by atoms with E-state index in [1.54, 1.807) is 0 Å². The molecule has 0 unspecified atom stereocenters. The van der Waals surface area contributed by atoms with E-state index in [1.807, 2.05) is 11.3 Å². The van der Waals surface area contributed by atoms with Crippen molar-refractivity contribution in [3.8, 4) is 33.4 Å². The van der Waals surface area contributed by atoms with Gasteiger partial charge >= 0.3 is 0 Å². The SMILES string of the molecule is CC(C)(C)c1ccc(-c2ccc(N(c3ccc4c(c3)-c3ccccc3C4(C)C)c3ccc4ccccc4c3-c3cccc4c3sc3ccccc34)cc2)cc1. The molecule has 0 fully saturated rings. The van der Waals surface area contributed by atoms with Crippen molar-refractivity contribution in [2.45, 2.75) is 45.4 Å². The van der Waals surface area contributed by atoms with Crippen LogP contribution in [0.2, 0.25) is 0 Å². The molecule has 2 heteroatoms. The Kier molecular flexibility index (Phi) is 7.67. The van der Waals surface area contributed by atoms with E-state index in [0.717, 1.165) is 17.1 Å². The molecule has 8 aromatic carbocycles. The second-order valence-electron chi connectivity index (χ2n) is 16.6. The van der Waals surface area contributed by atoms with Gasteiger partial charge in [-0.3, -0.25) is 0 Å². The van der Waals surface area contributed by atoms with Crippen molar-refractivity contribution in [2.75, 3.05) is 4.90 Å². The molecule has 1 aromatic heterocycles. The van der Waals surface area contributed by atoms with Crippen molar-refractivity contribution in [1.82, 2.24) is 0 Å². The smallest absolute Gasteiger partial charge is 0.0547 e. The van der Waals surface area contributed by atoms with E-state index < -0.39 is 0 Å². The van der Waals surface area contributed by atoms with Gasteiger partial charge in [-0.2, -0.15) is 0 Å². The Morgan fingerprint density at radius 3 is 1.89 bits per heavy atom. The summed E-state index contributed by atoms with van der Waals surface area (Å²) in [5.74, 6) is 0. The maximum atomic E-state index is 2.49. The van der Waals surface area contributed by atoms with Gasteiger partial charge in [-0.15, -0.1) is 11.3 Å². The highest BCUT2D eigenvalue weighted by molar-refractivity contribution is 7.26. The molecule has 0 radical (unpaired) electrons. The average Bonchev–Trinajstić information content (AvgIpc) is 3.70. The maximum absolute atomic E-state index is 2.49. The Bertz CT molecular complexity index is 2920. The predicted molar refractivity (Wildman–Crippen MR) is 239 cm³/mol. The van der Waals surface area contributed by atoms with E-state index in [4.69, 9.17) is 0 Å². The minimum atomic E-state index is -0.0651. The third-order valence-electron chi connectivity index (χ3n) is 11.9. The lowest BCUT2D eigenvalue weighted by atomic mass is 9.82. The zero-order chi connectivity index (χ0) is 37.5. The van der Waals surface area contributed by atoms with Crippen LogP contribution in [-0.2, 0) is 10.8 Å². The third kappa shape index (κ3) is 5.42. The van der Waals surface area contributed by atoms with Crippen LogP contribution in [0.4, 0.5) is 17.1 Å². The van der Waals surface area contributed by atoms with Crippen LogP contribution >= 0.6 is 11.3 Å². The molecule has 266 valence electrons. The summed E-state index contributed by atoms with van der Waals surface area (Å²) in [5.41, 5.74) is 15.2. The third-order valence-corrected chi connectivity index (χ3v) is 13.1. The first-order valence-corrected chi connectivity index (χ1v) is 20.2. The summed E-state index contributed by atoms with van der Waals surface area (Å²) >= 11 is 1.90. The highest BCUT2D eigenvalue weighted by atomic mass is 32.1. The van der Waals surface area contributed by atoms with E-state index in [2.05, 4.69) is 209 Å². The van der Waals surface area contributed by atoms with Gasteiger partial charge in [-0.25, -0.2) is 0 Å². The Hall–Kier alpha value is -5.96. The molecule has 0 bridgehead atoms. The number of benzene rings is 8. The largest absolute Gasteiger partial charge is 0.310 e. The lowest BCUT2D eigenvalue weighted by molar-refractivity contribution is 0.590. The minimum absolute atomic E-state index is 0.0651. The van der Waals surface area contributed by atoms with E-state index in [0.29, 0.717) is 0 Å². The molecule has 55 heavy (non-hydrogen) atoms. The number of hydrogen-bond acceptors (Lipinski definition) is 2. The fraction of sp³-hybridized carbons (Fsp3) is 0.132. The summed E-state index contributed by atoms with van der Waals surface area (Å²) in [4.78, 5) is 2.49. The number of nitrogens with zero attached hydrogens (tertiary/aromatic N) is 1. The quantitative estimate of drug-likeness (QED) is 0.171. The first-order chi connectivity index (χ1) is 26.7. The van der Waals surface area contributed by atoms with Crippen molar-refractivity contribution in [1.29, 1.82) is 0 Å². The first kappa shape index (κ1) is 33.6. The number of hydrogen-bond donors (Lipinski definition) is 0. The maximum Gasteiger partial charge on any atom is 0.0547 e. The molecule has 1 nitrogen and oxygen atoms in total. The molecule has 0 spiro atoms. The molecule has 1 aliphatic carbocycles. The zero-order valence-electron chi connectivity index (χ0n) is 32.0. The normalized spacial score (nSPS) is 13.3. The Balaban J connectivity index is 1.22. The molecule has 0 atom stereocenters. The van der Waals surface area contributed by atoms with Crippen LogP contribution in [0.1, 0.15) is 51.3 Å². The van der Waals surface area contributed by atoms with E-state index in [-0.39, 0.29) is 10.8 Å². The predicted octanol–water partition coefficient (Wildman–Crippen LogP) is 15.6. The van der Waals surface area contributed by atoms with Gasteiger partial charge in [-0.05, 0) is 91.5 Å². The zero-order valence-corrected chi connectivity index (χ0v) is 32.8. The van der Waals surface area contributed by atoms with Gasteiger partial charge in [0, 0.05) is 48.1 Å². The van der Waals surface area contributed by atoms with Crippen molar-refractivity contribution in [3.63, 3.8) is 0 Å². The molecule has 1 heterocycles. The molecule has 0 N–H and O–H groups in total. The average molecular weight is 726 g/mol. The van der Waals surface area contributed by atoms with Crippen molar-refractivity contribution in [2.24, 2.45) is 0 Å². The number of fused-ring (bicyclic) bond motifs is 7. The summed E-state index contributed by atoms with van der Waals surface area (Å²) in [6.07, 6.45) is 0. The van der Waals surface area contributed by atoms with Crippen LogP contribution in [0.25, 0.3) is 64.3 Å². The molecular formula is C53H43NS. The number of rotatable bonds is 5. The summed E-state index contributed by atoms with van der Waals surface area (Å²) in [7, 11) is 0. The molecule has 10 rings (SSSR count). The number of thiophene rings is 1. The molecule has 0 saturated heterocycles. The number of anilines is 3. The van der Waals surface area contributed by atoms with Crippen LogP contribution in [0.15, 0.2) is 170 Å². The van der Waals surface area contributed by atoms with Crippen molar-refractivity contribution < 1.29 is 0 Å². The summed E-state index contributed by atoms with van der Waals surface area (Å²) < 4.78 is 2.63. The molecule has 0 saturated carbocycles. The topological polar surface area (TPSA) is 3.24 Å². The van der Waals surface area contributed by atoms with Crippen molar-refractivity contribution in [3.05, 3.63) is 187 Å². The van der Waals surface area contributed by atoms with Gasteiger partial charge in [0.2, 0.25) is 0 Å². The Labute approximate surface area is 328 Å². The van der Waals surface area contributed by atoms with Crippen molar-refractivity contribution >= 4 is 59.3 Å². The Morgan fingerprint density at radius 1 is 0.491 bits per heavy atom. The standard InChI is InChI=1S/C53H43NS/c1-52(2,3)37-26-21-34(22-27-37)35-23-28-38(29-24-35)54(39-30-31-47-45(33-39)41-15-8-10-19-46(41)53(47,4)5)48-32-25-36-13-6-7-14-40(36)50(48)44-18-12-17-43-42-16-9-11-20-49(42)55-51(43)44/h6-33H,1-5H3. The molecule has 1 aliphatic rings. The van der Waals surface area contributed by atoms with E-state index in [9.17, 15) is 0 Å². The summed E-state index contributed by atoms with van der Waals surface area (Å²) in [5, 5.41) is 5.10. The summed E-state index contributed by atoms with van der Waals surface area (Å²) in [6.45, 7) is 11.5. The monoisotopic (exact) mass is 725 g/mol. The van der Waals surface area contributed by atoms with Crippen LogP contribution in [0.5, 0.6) is 0 Å². The molecule has 9 aromatic rings. The minimum Gasteiger partial charge on any atom is -0.310 e. The second kappa shape index (κ2) is 12.5. The van der Waals surface area contributed by atoms with Crippen LogP contribution in [-0.4, -0.2) is 0 Å². The van der Waals surface area contributed by atoms with E-state index >= 15 is 0 Å². The van der Waals surface area contributed by atoms with Gasteiger partial charge < -0.3 is 4.90 Å². The molecule has 0 amide bonds. The second-order valence-corrected chi connectivity index (χ2v) is 17.6. The lowest BCUT2D eigenvalue weighted by Gasteiger charge is -2.30. The van der Waals surface area contributed by atoms with Crippen LogP contribution in [0.3, 0.4) is 0 Å². The van der Waals surface area contributed by atoms with Gasteiger partial charge in [0.15, 0.2) is 0 Å². The van der Waals surface area contributed by atoms with Crippen LogP contribution in [0, 0.1) is 0 Å². The van der Waals surface area contributed by atoms with Gasteiger partial charge in [-0.1, -0.05) is 168 Å². The van der Waals surface area contributed by atoms with Crippen LogP contribution < -0.4 is 4.90 Å². The highest BCUT2D eigenvalue weighted by Gasteiger charge is 2.36. The molecular weight excluding hydrogens is 683 g/mol. The van der Waals surface area contributed by atoms with E-state index in [1.165, 1.54) is 81.0 Å². The highest BCUT2D eigenvalue weighted by Crippen LogP contribution is 2.53. The molecule has 0 aliphatic heterocycles. The van der Waals surface area contributed by atoms with Gasteiger partial charge in [0.1, 0.15) is 0 Å². The fourth-order valence-electron chi connectivity index (χ4n) is 8.91. The fourth-order valence-corrected chi connectivity index (χ4v) is 10.1. The Morgan fingerprint density at radius 2 is 1.11 bits per heavy atom. The summed E-state index contributed by atoms with van der Waals surface area (Å²) in [6, 6.07) is 63.5. The first-order valence-electron chi connectivity index (χ1n) is 19.3. The van der Waals surface area contributed by atoms with Gasteiger partial charge in [0.25, 0.3) is 0 Å². The lowest BCUT2D eigenvalue weighted by Crippen LogP contribution is -2.15.